The number of carbonyl (C=O) groups is 1. The zero-order valence-corrected chi connectivity index (χ0v) is 15.6. The number of aliphatic hydroxyl groups is 1. The van der Waals surface area contributed by atoms with E-state index in [0.717, 1.165) is 12.0 Å². The number of hydrogen-bond acceptors (Lipinski definition) is 5. The molecule has 1 saturated heterocycles. The average molecular weight is 389 g/mol. The van der Waals surface area contributed by atoms with Crippen LogP contribution >= 0.6 is 0 Å². The first-order chi connectivity index (χ1) is 13.0. The highest BCUT2D eigenvalue weighted by atomic mass is 32.2. The Morgan fingerprint density at radius 3 is 2.41 bits per heavy atom. The molecule has 0 aromatic heterocycles. The van der Waals surface area contributed by atoms with Crippen LogP contribution in [0.5, 0.6) is 0 Å². The van der Waals surface area contributed by atoms with Crippen molar-refractivity contribution >= 4 is 15.9 Å². The SMILES string of the molecule is O=C(NCCc1ccccc1)c1ccc(S(=O)(=O)N[C@@H]2CNC[C@H]2O)cc1. The molecule has 1 aliphatic rings. The molecule has 8 heteroatoms. The maximum Gasteiger partial charge on any atom is 0.251 e. The highest BCUT2D eigenvalue weighted by molar-refractivity contribution is 7.89. The Balaban J connectivity index is 1.56. The van der Waals surface area contributed by atoms with E-state index in [2.05, 4.69) is 15.4 Å². The molecule has 2 aromatic carbocycles. The van der Waals surface area contributed by atoms with E-state index in [0.29, 0.717) is 25.2 Å². The van der Waals surface area contributed by atoms with Crippen LogP contribution in [0.15, 0.2) is 59.5 Å². The third-order valence-corrected chi connectivity index (χ3v) is 5.96. The summed E-state index contributed by atoms with van der Waals surface area (Å²) in [6, 6.07) is 15.0. The van der Waals surface area contributed by atoms with Gasteiger partial charge in [-0.3, -0.25) is 4.79 Å². The van der Waals surface area contributed by atoms with Gasteiger partial charge in [-0.15, -0.1) is 0 Å². The third-order valence-electron chi connectivity index (χ3n) is 4.46. The van der Waals surface area contributed by atoms with Gasteiger partial charge in [0, 0.05) is 25.2 Å². The maximum absolute atomic E-state index is 12.4. The molecule has 2 aromatic rings. The molecular weight excluding hydrogens is 366 g/mol. The predicted molar refractivity (Wildman–Crippen MR) is 102 cm³/mol. The molecule has 1 aliphatic heterocycles. The molecule has 0 unspecified atom stereocenters. The van der Waals surface area contributed by atoms with E-state index in [4.69, 9.17) is 0 Å². The van der Waals surface area contributed by atoms with Crippen molar-refractivity contribution in [3.05, 3.63) is 65.7 Å². The van der Waals surface area contributed by atoms with Crippen LogP contribution in [0.2, 0.25) is 0 Å². The Labute approximate surface area is 158 Å². The molecule has 1 amide bonds. The van der Waals surface area contributed by atoms with E-state index in [1.807, 2.05) is 30.3 Å². The van der Waals surface area contributed by atoms with Gasteiger partial charge in [0.25, 0.3) is 5.91 Å². The van der Waals surface area contributed by atoms with Gasteiger partial charge in [0.05, 0.1) is 17.0 Å². The summed E-state index contributed by atoms with van der Waals surface area (Å²) in [5.74, 6) is -0.252. The molecule has 7 nitrogen and oxygen atoms in total. The Bertz CT molecular complexity index is 870. The second-order valence-corrected chi connectivity index (χ2v) is 8.18. The van der Waals surface area contributed by atoms with Crippen LogP contribution in [-0.4, -0.2) is 51.2 Å². The largest absolute Gasteiger partial charge is 0.390 e. The van der Waals surface area contributed by atoms with Gasteiger partial charge in [0.15, 0.2) is 0 Å². The second kappa shape index (κ2) is 8.62. The van der Waals surface area contributed by atoms with E-state index in [1.165, 1.54) is 24.3 Å². The maximum atomic E-state index is 12.4. The number of nitrogens with one attached hydrogen (secondary N) is 3. The topological polar surface area (TPSA) is 108 Å². The van der Waals surface area contributed by atoms with Gasteiger partial charge in [-0.1, -0.05) is 30.3 Å². The highest BCUT2D eigenvalue weighted by Gasteiger charge is 2.29. The van der Waals surface area contributed by atoms with Crippen LogP contribution in [0.3, 0.4) is 0 Å². The zero-order valence-electron chi connectivity index (χ0n) is 14.8. The van der Waals surface area contributed by atoms with E-state index in [-0.39, 0.29) is 10.8 Å². The first kappa shape index (κ1) is 19.5. The number of hydrogen-bond donors (Lipinski definition) is 4. The lowest BCUT2D eigenvalue weighted by Crippen LogP contribution is -2.42. The summed E-state index contributed by atoms with van der Waals surface area (Å²) in [5.41, 5.74) is 1.53. The van der Waals surface area contributed by atoms with Crippen LogP contribution in [0.4, 0.5) is 0 Å². The molecule has 0 saturated carbocycles. The highest BCUT2D eigenvalue weighted by Crippen LogP contribution is 2.13. The van der Waals surface area contributed by atoms with Crippen molar-refractivity contribution in [3.8, 4) is 0 Å². The van der Waals surface area contributed by atoms with Gasteiger partial charge in [-0.25, -0.2) is 13.1 Å². The first-order valence-electron chi connectivity index (χ1n) is 8.79. The molecule has 0 bridgehead atoms. The Kier molecular flexibility index (Phi) is 6.22. The van der Waals surface area contributed by atoms with Crippen molar-refractivity contribution in [2.24, 2.45) is 0 Å². The summed E-state index contributed by atoms with van der Waals surface area (Å²) < 4.78 is 27.3. The van der Waals surface area contributed by atoms with Crippen molar-refractivity contribution in [1.82, 2.24) is 15.4 Å². The first-order valence-corrected chi connectivity index (χ1v) is 10.3. The normalized spacial score (nSPS) is 19.7. The zero-order chi connectivity index (χ0) is 19.3. The van der Waals surface area contributed by atoms with Crippen molar-refractivity contribution in [2.75, 3.05) is 19.6 Å². The number of amides is 1. The van der Waals surface area contributed by atoms with Crippen LogP contribution in [0.25, 0.3) is 0 Å². The molecule has 1 fully saturated rings. The van der Waals surface area contributed by atoms with Crippen LogP contribution < -0.4 is 15.4 Å². The number of β-amino-alcohol motifs (C(OH)–C–C–N with tert-alkyl or cyclic N) is 1. The van der Waals surface area contributed by atoms with Gasteiger partial charge < -0.3 is 15.7 Å². The number of benzene rings is 2. The van der Waals surface area contributed by atoms with Gasteiger partial charge in [-0.2, -0.15) is 0 Å². The lowest BCUT2D eigenvalue weighted by Gasteiger charge is -2.15. The summed E-state index contributed by atoms with van der Waals surface area (Å²) in [4.78, 5) is 12.3. The van der Waals surface area contributed by atoms with Crippen molar-refractivity contribution < 1.29 is 18.3 Å². The molecular formula is C19H23N3O4S. The minimum Gasteiger partial charge on any atom is -0.390 e. The van der Waals surface area contributed by atoms with E-state index < -0.39 is 22.2 Å². The molecule has 3 rings (SSSR count). The van der Waals surface area contributed by atoms with E-state index in [1.54, 1.807) is 0 Å². The molecule has 144 valence electrons. The third kappa shape index (κ3) is 5.14. The Morgan fingerprint density at radius 1 is 1.07 bits per heavy atom. The van der Waals surface area contributed by atoms with Gasteiger partial charge in [0.2, 0.25) is 10.0 Å². The van der Waals surface area contributed by atoms with E-state index in [9.17, 15) is 18.3 Å². The molecule has 1 heterocycles. The summed E-state index contributed by atoms with van der Waals surface area (Å²) in [7, 11) is -3.75. The smallest absolute Gasteiger partial charge is 0.251 e. The van der Waals surface area contributed by atoms with Gasteiger partial charge in [0.1, 0.15) is 0 Å². The lowest BCUT2D eigenvalue weighted by molar-refractivity contribution is 0.0954. The monoisotopic (exact) mass is 389 g/mol. The fourth-order valence-electron chi connectivity index (χ4n) is 2.91. The molecule has 27 heavy (non-hydrogen) atoms. The van der Waals surface area contributed by atoms with Crippen LogP contribution in [-0.2, 0) is 16.4 Å². The van der Waals surface area contributed by atoms with Gasteiger partial charge in [-0.05, 0) is 36.2 Å². The minimum absolute atomic E-state index is 0.0578. The van der Waals surface area contributed by atoms with Crippen molar-refractivity contribution in [3.63, 3.8) is 0 Å². The van der Waals surface area contributed by atoms with Crippen molar-refractivity contribution in [2.45, 2.75) is 23.5 Å². The molecule has 2 atom stereocenters. The average Bonchev–Trinajstić information content (AvgIpc) is 3.06. The molecule has 0 spiro atoms. The summed E-state index contributed by atoms with van der Waals surface area (Å²) in [6.45, 7) is 1.23. The number of aliphatic hydroxyl groups excluding tert-OH is 1. The number of carbonyl (C=O) groups excluding carboxylic acids is 1. The fraction of sp³-hybridized carbons (Fsp3) is 0.316. The molecule has 4 N–H and O–H groups in total. The number of sulfonamides is 1. The lowest BCUT2D eigenvalue weighted by atomic mass is 10.1. The van der Waals surface area contributed by atoms with Crippen LogP contribution in [0, 0.1) is 0 Å². The summed E-state index contributed by atoms with van der Waals surface area (Å²) in [5, 5.41) is 15.5. The quantitative estimate of drug-likeness (QED) is 0.544. The summed E-state index contributed by atoms with van der Waals surface area (Å²) in [6.07, 6.45) is -0.0322. The van der Waals surface area contributed by atoms with E-state index >= 15 is 0 Å². The predicted octanol–water partition coefficient (Wildman–Crippen LogP) is 0.270. The second-order valence-electron chi connectivity index (χ2n) is 6.47. The fourth-order valence-corrected chi connectivity index (χ4v) is 4.17. The Morgan fingerprint density at radius 2 is 1.78 bits per heavy atom. The van der Waals surface area contributed by atoms with Crippen LogP contribution in [0.1, 0.15) is 15.9 Å². The minimum atomic E-state index is -3.75. The Hall–Kier alpha value is -2.26. The standard InChI is InChI=1S/C19H23N3O4S/c23-18-13-20-12-17(18)22-27(25,26)16-8-6-15(7-9-16)19(24)21-11-10-14-4-2-1-3-5-14/h1-9,17-18,20,22-23H,10-13H2,(H,21,24)/t17-,18-/m1/s1. The molecule has 0 aliphatic carbocycles. The van der Waals surface area contributed by atoms with Crippen molar-refractivity contribution in [1.29, 1.82) is 0 Å². The van der Waals surface area contributed by atoms with Gasteiger partial charge >= 0.3 is 0 Å². The molecule has 0 radical (unpaired) electrons. The summed E-state index contributed by atoms with van der Waals surface area (Å²) >= 11 is 0. The number of rotatable bonds is 7.